The highest BCUT2D eigenvalue weighted by atomic mass is 16.7. The molecule has 21 heavy (non-hydrogen) atoms. The van der Waals surface area contributed by atoms with Crippen LogP contribution in [0.2, 0.25) is 0 Å². The summed E-state index contributed by atoms with van der Waals surface area (Å²) in [5, 5.41) is 10.3. The number of nitrogens with zero attached hydrogens (tertiary/aromatic N) is 2. The van der Waals surface area contributed by atoms with Crippen LogP contribution < -0.4 is 9.47 Å². The van der Waals surface area contributed by atoms with Crippen molar-refractivity contribution in [3.63, 3.8) is 0 Å². The molecule has 1 N–H and O–H groups in total. The van der Waals surface area contributed by atoms with Gasteiger partial charge in [0.25, 0.3) is 0 Å². The number of ether oxygens (including phenoxy) is 2. The van der Waals surface area contributed by atoms with Crippen molar-refractivity contribution in [3.8, 4) is 11.5 Å². The fraction of sp³-hybridized carbons (Fsp3) is 0.312. The van der Waals surface area contributed by atoms with E-state index in [-0.39, 0.29) is 6.79 Å². The molecular formula is C16H18N2O3. The van der Waals surface area contributed by atoms with Gasteiger partial charge in [0, 0.05) is 25.5 Å². The van der Waals surface area contributed by atoms with Crippen molar-refractivity contribution >= 4 is 0 Å². The van der Waals surface area contributed by atoms with E-state index in [1.54, 1.807) is 12.4 Å². The number of hydrogen-bond acceptors (Lipinski definition) is 5. The summed E-state index contributed by atoms with van der Waals surface area (Å²) < 4.78 is 10.6. The van der Waals surface area contributed by atoms with Gasteiger partial charge in [0.05, 0.1) is 6.10 Å². The quantitative estimate of drug-likeness (QED) is 0.911. The Bertz CT molecular complexity index is 604. The van der Waals surface area contributed by atoms with Crippen LogP contribution in [0.4, 0.5) is 0 Å². The minimum atomic E-state index is -0.564. The summed E-state index contributed by atoms with van der Waals surface area (Å²) in [6, 6.07) is 9.50. The molecule has 0 fully saturated rings. The number of fused-ring (bicyclic) bond motifs is 1. The SMILES string of the molecule is CN(Cc1ccncc1)CC(O)c1ccc2c(c1)OCO2. The second-order valence-corrected chi connectivity index (χ2v) is 5.18. The predicted octanol–water partition coefficient (Wildman–Crippen LogP) is 1.98. The molecule has 0 saturated carbocycles. The molecule has 0 amide bonds. The van der Waals surface area contributed by atoms with E-state index in [9.17, 15) is 5.11 Å². The third kappa shape index (κ3) is 3.32. The van der Waals surface area contributed by atoms with Gasteiger partial charge in [0.2, 0.25) is 6.79 Å². The Kier molecular flexibility index (Phi) is 4.03. The van der Waals surface area contributed by atoms with Gasteiger partial charge in [-0.2, -0.15) is 0 Å². The monoisotopic (exact) mass is 286 g/mol. The number of aromatic nitrogens is 1. The molecule has 110 valence electrons. The third-order valence-electron chi connectivity index (χ3n) is 3.47. The molecule has 1 aliphatic rings. The predicted molar refractivity (Wildman–Crippen MR) is 78.1 cm³/mol. The molecule has 3 rings (SSSR count). The van der Waals surface area contributed by atoms with Crippen molar-refractivity contribution in [3.05, 3.63) is 53.9 Å². The molecule has 0 bridgehead atoms. The average molecular weight is 286 g/mol. The number of hydrogen-bond donors (Lipinski definition) is 1. The van der Waals surface area contributed by atoms with E-state index in [1.165, 1.54) is 5.56 Å². The van der Waals surface area contributed by atoms with E-state index in [0.717, 1.165) is 17.9 Å². The molecule has 2 heterocycles. The van der Waals surface area contributed by atoms with Gasteiger partial charge in [-0.15, -0.1) is 0 Å². The zero-order chi connectivity index (χ0) is 14.7. The van der Waals surface area contributed by atoms with Gasteiger partial charge in [-0.1, -0.05) is 6.07 Å². The van der Waals surface area contributed by atoms with Crippen LogP contribution in [0, 0.1) is 0 Å². The van der Waals surface area contributed by atoms with Crippen molar-refractivity contribution in [1.82, 2.24) is 9.88 Å². The number of aliphatic hydroxyl groups is 1. The lowest BCUT2D eigenvalue weighted by Crippen LogP contribution is -2.24. The fourth-order valence-electron chi connectivity index (χ4n) is 2.39. The molecule has 5 heteroatoms. The van der Waals surface area contributed by atoms with Crippen LogP contribution >= 0.6 is 0 Å². The maximum atomic E-state index is 10.3. The Hall–Kier alpha value is -2.11. The van der Waals surface area contributed by atoms with E-state index >= 15 is 0 Å². The maximum Gasteiger partial charge on any atom is 0.231 e. The van der Waals surface area contributed by atoms with Gasteiger partial charge < -0.3 is 14.6 Å². The van der Waals surface area contributed by atoms with Crippen LogP contribution in [0.5, 0.6) is 11.5 Å². The molecule has 1 aromatic heterocycles. The molecular weight excluding hydrogens is 268 g/mol. The molecule has 0 saturated heterocycles. The van der Waals surface area contributed by atoms with E-state index in [1.807, 2.05) is 37.4 Å². The maximum absolute atomic E-state index is 10.3. The minimum Gasteiger partial charge on any atom is -0.454 e. The Morgan fingerprint density at radius 1 is 1.19 bits per heavy atom. The number of benzene rings is 1. The standard InChI is InChI=1S/C16H18N2O3/c1-18(9-12-4-6-17-7-5-12)10-14(19)13-2-3-15-16(8-13)21-11-20-15/h2-8,14,19H,9-11H2,1H3. The van der Waals surface area contributed by atoms with Crippen LogP contribution in [0.3, 0.4) is 0 Å². The zero-order valence-electron chi connectivity index (χ0n) is 11.9. The minimum absolute atomic E-state index is 0.247. The average Bonchev–Trinajstić information content (AvgIpc) is 2.95. The molecule has 1 aliphatic heterocycles. The second kappa shape index (κ2) is 6.11. The summed E-state index contributed by atoms with van der Waals surface area (Å²) in [6.45, 7) is 1.56. The van der Waals surface area contributed by atoms with Crippen LogP contribution in [0.1, 0.15) is 17.2 Å². The topological polar surface area (TPSA) is 54.8 Å². The Morgan fingerprint density at radius 3 is 2.76 bits per heavy atom. The number of rotatable bonds is 5. The lowest BCUT2D eigenvalue weighted by molar-refractivity contribution is 0.123. The van der Waals surface area contributed by atoms with Crippen LogP contribution in [0.25, 0.3) is 0 Å². The Morgan fingerprint density at radius 2 is 1.95 bits per heavy atom. The highest BCUT2D eigenvalue weighted by Gasteiger charge is 2.17. The lowest BCUT2D eigenvalue weighted by atomic mass is 10.1. The summed E-state index contributed by atoms with van der Waals surface area (Å²) >= 11 is 0. The molecule has 1 unspecified atom stereocenters. The van der Waals surface area contributed by atoms with Crippen LogP contribution in [-0.2, 0) is 6.54 Å². The Labute approximate surface area is 123 Å². The molecule has 2 aromatic rings. The number of likely N-dealkylation sites (N-methyl/N-ethyl adjacent to an activating group) is 1. The fourth-order valence-corrected chi connectivity index (χ4v) is 2.39. The highest BCUT2D eigenvalue weighted by Crippen LogP contribution is 2.34. The van der Waals surface area contributed by atoms with Gasteiger partial charge in [-0.25, -0.2) is 0 Å². The van der Waals surface area contributed by atoms with Crippen LogP contribution in [-0.4, -0.2) is 35.4 Å². The molecule has 0 aliphatic carbocycles. The normalized spacial score (nSPS) is 14.4. The Balaban J connectivity index is 1.62. The van der Waals surface area contributed by atoms with Crippen molar-refractivity contribution in [2.75, 3.05) is 20.4 Å². The van der Waals surface area contributed by atoms with E-state index in [2.05, 4.69) is 9.88 Å². The van der Waals surface area contributed by atoms with Crippen molar-refractivity contribution in [2.24, 2.45) is 0 Å². The zero-order valence-corrected chi connectivity index (χ0v) is 11.9. The molecule has 0 spiro atoms. The van der Waals surface area contributed by atoms with Crippen molar-refractivity contribution < 1.29 is 14.6 Å². The van der Waals surface area contributed by atoms with E-state index < -0.39 is 6.10 Å². The van der Waals surface area contributed by atoms with Crippen molar-refractivity contribution in [1.29, 1.82) is 0 Å². The first kappa shape index (κ1) is 13.9. The summed E-state index contributed by atoms with van der Waals surface area (Å²) in [4.78, 5) is 6.07. The van der Waals surface area contributed by atoms with Gasteiger partial charge in [0.1, 0.15) is 0 Å². The van der Waals surface area contributed by atoms with Gasteiger partial charge >= 0.3 is 0 Å². The first-order chi connectivity index (χ1) is 10.2. The van der Waals surface area contributed by atoms with E-state index in [0.29, 0.717) is 12.3 Å². The molecule has 1 atom stereocenters. The molecule has 5 nitrogen and oxygen atoms in total. The highest BCUT2D eigenvalue weighted by molar-refractivity contribution is 5.45. The smallest absolute Gasteiger partial charge is 0.231 e. The summed E-state index contributed by atoms with van der Waals surface area (Å²) in [5.74, 6) is 1.43. The summed E-state index contributed by atoms with van der Waals surface area (Å²) in [7, 11) is 1.98. The first-order valence-corrected chi connectivity index (χ1v) is 6.87. The molecule has 1 aromatic carbocycles. The number of pyridine rings is 1. The summed E-state index contributed by atoms with van der Waals surface area (Å²) in [6.07, 6.45) is 2.99. The van der Waals surface area contributed by atoms with Crippen molar-refractivity contribution in [2.45, 2.75) is 12.6 Å². The largest absolute Gasteiger partial charge is 0.454 e. The van der Waals surface area contributed by atoms with Gasteiger partial charge in [0.15, 0.2) is 11.5 Å². The first-order valence-electron chi connectivity index (χ1n) is 6.87. The second-order valence-electron chi connectivity index (χ2n) is 5.18. The van der Waals surface area contributed by atoms with Crippen LogP contribution in [0.15, 0.2) is 42.7 Å². The lowest BCUT2D eigenvalue weighted by Gasteiger charge is -2.21. The summed E-state index contributed by atoms with van der Waals surface area (Å²) in [5.41, 5.74) is 2.01. The number of aliphatic hydroxyl groups excluding tert-OH is 1. The van der Waals surface area contributed by atoms with Gasteiger partial charge in [-0.05, 0) is 42.4 Å². The van der Waals surface area contributed by atoms with Gasteiger partial charge in [-0.3, -0.25) is 9.88 Å². The van der Waals surface area contributed by atoms with E-state index in [4.69, 9.17) is 9.47 Å². The molecule has 0 radical (unpaired) electrons. The third-order valence-corrected chi connectivity index (χ3v) is 3.47.